The minimum Gasteiger partial charge on any atom is -0.354 e. The van der Waals surface area contributed by atoms with Crippen molar-refractivity contribution < 1.29 is 0 Å². The summed E-state index contributed by atoms with van der Waals surface area (Å²) in [4.78, 5) is 16.5. The molecule has 2 heterocycles. The number of nitrogens with zero attached hydrogens (tertiary/aromatic N) is 2. The van der Waals surface area contributed by atoms with E-state index in [-0.39, 0.29) is 0 Å². The van der Waals surface area contributed by atoms with Crippen molar-refractivity contribution in [1.29, 1.82) is 0 Å². The fourth-order valence-corrected chi connectivity index (χ4v) is 4.09. The number of rotatable bonds is 4. The molecule has 0 radical (unpaired) electrons. The van der Waals surface area contributed by atoms with Gasteiger partial charge in [-0.05, 0) is 35.9 Å². The number of aromatic amines is 2. The molecule has 0 aliphatic heterocycles. The minimum atomic E-state index is 0.848. The molecule has 2 N–H and O–H groups in total. The van der Waals surface area contributed by atoms with Gasteiger partial charge in [0.05, 0.1) is 22.4 Å². The van der Waals surface area contributed by atoms with Crippen molar-refractivity contribution in [3.63, 3.8) is 0 Å². The van der Waals surface area contributed by atoms with Crippen molar-refractivity contribution >= 4 is 33.8 Å². The molecule has 2 aromatic heterocycles. The molecule has 0 amide bonds. The van der Waals surface area contributed by atoms with Gasteiger partial charge in [0.2, 0.25) is 0 Å². The van der Waals surface area contributed by atoms with Crippen LogP contribution in [0.25, 0.3) is 44.6 Å². The molecule has 4 heteroatoms. The third-order valence-electron chi connectivity index (χ3n) is 5.66. The number of nitrogens with one attached hydrogen (secondary N) is 2. The van der Waals surface area contributed by atoms with E-state index in [0.717, 1.165) is 55.8 Å². The second-order valence-corrected chi connectivity index (χ2v) is 7.74. The van der Waals surface area contributed by atoms with Gasteiger partial charge in [0.1, 0.15) is 5.82 Å². The van der Waals surface area contributed by atoms with E-state index in [1.807, 2.05) is 54.7 Å². The molecule has 6 aromatic rings. The Labute approximate surface area is 185 Å². The molecule has 0 atom stereocenters. The standard InChI is InChI=1S/C28H20N4/c1-2-9-19(10-3-1)27-23(22-13-4-5-14-24(22)30-27)18-29-21-12-8-11-20(17-21)28-31-25-15-6-7-16-26(25)32-28/h1-18,30H,(H,31,32). The number of aliphatic imine (C=N–C) groups is 1. The fraction of sp³-hybridized carbons (Fsp3) is 0. The van der Waals surface area contributed by atoms with E-state index in [2.05, 4.69) is 64.6 Å². The van der Waals surface area contributed by atoms with E-state index in [4.69, 9.17) is 9.98 Å². The van der Waals surface area contributed by atoms with Gasteiger partial charge in [-0.15, -0.1) is 0 Å². The highest BCUT2D eigenvalue weighted by Gasteiger charge is 2.11. The molecule has 0 saturated carbocycles. The molecular formula is C28H20N4. The Morgan fingerprint density at radius 3 is 2.28 bits per heavy atom. The highest BCUT2D eigenvalue weighted by Crippen LogP contribution is 2.30. The Balaban J connectivity index is 1.41. The van der Waals surface area contributed by atoms with E-state index in [1.165, 1.54) is 0 Å². The third-order valence-corrected chi connectivity index (χ3v) is 5.66. The number of imidazole rings is 1. The lowest BCUT2D eigenvalue weighted by atomic mass is 10.1. The highest BCUT2D eigenvalue weighted by molar-refractivity contribution is 6.06. The number of hydrogen-bond acceptors (Lipinski definition) is 2. The molecule has 32 heavy (non-hydrogen) atoms. The molecule has 152 valence electrons. The minimum absolute atomic E-state index is 0.848. The van der Waals surface area contributed by atoms with Gasteiger partial charge >= 0.3 is 0 Å². The maximum atomic E-state index is 4.84. The lowest BCUT2D eigenvalue weighted by Crippen LogP contribution is -1.85. The van der Waals surface area contributed by atoms with Gasteiger partial charge in [-0.25, -0.2) is 4.98 Å². The van der Waals surface area contributed by atoms with Crippen LogP contribution in [0.1, 0.15) is 5.56 Å². The number of hydrogen-bond donors (Lipinski definition) is 2. The summed E-state index contributed by atoms with van der Waals surface area (Å²) in [5, 5.41) is 1.16. The van der Waals surface area contributed by atoms with Crippen LogP contribution in [0.4, 0.5) is 5.69 Å². The number of H-pyrrole nitrogens is 2. The predicted molar refractivity (Wildman–Crippen MR) is 133 cm³/mol. The molecule has 0 aliphatic rings. The summed E-state index contributed by atoms with van der Waals surface area (Å²) >= 11 is 0. The van der Waals surface area contributed by atoms with Gasteiger partial charge in [0.15, 0.2) is 0 Å². The topological polar surface area (TPSA) is 56.8 Å². The quantitative estimate of drug-likeness (QED) is 0.297. The summed E-state index contributed by atoms with van der Waals surface area (Å²) < 4.78 is 0. The van der Waals surface area contributed by atoms with Crippen molar-refractivity contribution in [2.24, 2.45) is 4.99 Å². The highest BCUT2D eigenvalue weighted by atomic mass is 14.9. The van der Waals surface area contributed by atoms with E-state index in [9.17, 15) is 0 Å². The van der Waals surface area contributed by atoms with E-state index < -0.39 is 0 Å². The van der Waals surface area contributed by atoms with Crippen LogP contribution in [0, 0.1) is 0 Å². The zero-order valence-electron chi connectivity index (χ0n) is 17.3. The normalized spacial score (nSPS) is 11.6. The summed E-state index contributed by atoms with van der Waals surface area (Å²) in [6, 6.07) is 34.9. The first-order valence-corrected chi connectivity index (χ1v) is 10.6. The molecule has 0 spiro atoms. The summed E-state index contributed by atoms with van der Waals surface area (Å²) in [7, 11) is 0. The smallest absolute Gasteiger partial charge is 0.138 e. The van der Waals surface area contributed by atoms with Crippen molar-refractivity contribution in [1.82, 2.24) is 15.0 Å². The van der Waals surface area contributed by atoms with Crippen LogP contribution in [0.3, 0.4) is 0 Å². The fourth-order valence-electron chi connectivity index (χ4n) is 4.09. The van der Waals surface area contributed by atoms with Crippen LogP contribution in [-0.4, -0.2) is 21.2 Å². The van der Waals surface area contributed by atoms with Crippen molar-refractivity contribution in [3.8, 4) is 22.6 Å². The average Bonchev–Trinajstić information content (AvgIpc) is 3.45. The number of aromatic nitrogens is 3. The lowest BCUT2D eigenvalue weighted by Gasteiger charge is -2.02. The second kappa shape index (κ2) is 7.67. The SMILES string of the molecule is C(=Nc1cccc(-c2nc3ccccc3[nH]2)c1)c1c(-c2ccccc2)[nH]c2ccccc12. The zero-order valence-corrected chi connectivity index (χ0v) is 17.3. The summed E-state index contributed by atoms with van der Waals surface area (Å²) in [5.74, 6) is 0.848. The summed E-state index contributed by atoms with van der Waals surface area (Å²) in [6.07, 6.45) is 1.96. The van der Waals surface area contributed by atoms with Crippen LogP contribution in [-0.2, 0) is 0 Å². The first kappa shape index (κ1) is 18.3. The average molecular weight is 412 g/mol. The predicted octanol–water partition coefficient (Wildman–Crippen LogP) is 7.13. The first-order chi connectivity index (χ1) is 15.8. The Kier molecular flexibility index (Phi) is 4.40. The molecule has 0 saturated heterocycles. The molecular weight excluding hydrogens is 392 g/mol. The van der Waals surface area contributed by atoms with E-state index in [0.29, 0.717) is 0 Å². The Morgan fingerprint density at radius 1 is 0.656 bits per heavy atom. The molecule has 4 nitrogen and oxygen atoms in total. The summed E-state index contributed by atoms with van der Waals surface area (Å²) in [6.45, 7) is 0. The maximum Gasteiger partial charge on any atom is 0.138 e. The first-order valence-electron chi connectivity index (χ1n) is 10.6. The van der Waals surface area contributed by atoms with Crippen LogP contribution in [0.15, 0.2) is 108 Å². The van der Waals surface area contributed by atoms with Gasteiger partial charge in [-0.1, -0.05) is 72.8 Å². The number of para-hydroxylation sites is 3. The van der Waals surface area contributed by atoms with Gasteiger partial charge < -0.3 is 9.97 Å². The molecule has 6 rings (SSSR count). The molecule has 0 unspecified atom stereocenters. The number of fused-ring (bicyclic) bond motifs is 2. The van der Waals surface area contributed by atoms with Gasteiger partial charge in [0, 0.05) is 28.2 Å². The monoisotopic (exact) mass is 412 g/mol. The maximum absolute atomic E-state index is 4.84. The second-order valence-electron chi connectivity index (χ2n) is 7.74. The Morgan fingerprint density at radius 2 is 1.41 bits per heavy atom. The third kappa shape index (κ3) is 3.28. The van der Waals surface area contributed by atoms with Crippen LogP contribution < -0.4 is 0 Å². The largest absolute Gasteiger partial charge is 0.354 e. The number of benzene rings is 4. The summed E-state index contributed by atoms with van der Waals surface area (Å²) in [5.41, 5.74) is 8.28. The van der Waals surface area contributed by atoms with Crippen molar-refractivity contribution in [3.05, 3.63) is 109 Å². The van der Waals surface area contributed by atoms with Crippen molar-refractivity contribution in [2.45, 2.75) is 0 Å². The molecule has 0 fully saturated rings. The Hall–Kier alpha value is -4.44. The van der Waals surface area contributed by atoms with Crippen molar-refractivity contribution in [2.75, 3.05) is 0 Å². The van der Waals surface area contributed by atoms with Crippen LogP contribution in [0.2, 0.25) is 0 Å². The molecule has 0 bridgehead atoms. The molecule has 4 aromatic carbocycles. The van der Waals surface area contributed by atoms with E-state index >= 15 is 0 Å². The van der Waals surface area contributed by atoms with Gasteiger partial charge in [0.25, 0.3) is 0 Å². The van der Waals surface area contributed by atoms with Crippen LogP contribution in [0.5, 0.6) is 0 Å². The van der Waals surface area contributed by atoms with Gasteiger partial charge in [-0.2, -0.15) is 0 Å². The van der Waals surface area contributed by atoms with Crippen LogP contribution >= 0.6 is 0 Å². The van der Waals surface area contributed by atoms with E-state index in [1.54, 1.807) is 0 Å². The van der Waals surface area contributed by atoms with Gasteiger partial charge in [-0.3, -0.25) is 4.99 Å². The molecule has 0 aliphatic carbocycles. The lowest BCUT2D eigenvalue weighted by molar-refractivity contribution is 1.33. The Bertz CT molecular complexity index is 1540. The zero-order chi connectivity index (χ0) is 21.3.